The smallest absolute Gasteiger partial charge is 0.210 e. The van der Waals surface area contributed by atoms with Crippen LogP contribution in [0.1, 0.15) is 31.2 Å². The van der Waals surface area contributed by atoms with Gasteiger partial charge in [-0.25, -0.2) is 13.1 Å². The van der Waals surface area contributed by atoms with Gasteiger partial charge in [0.2, 0.25) is 10.0 Å². The summed E-state index contributed by atoms with van der Waals surface area (Å²) in [6.07, 6.45) is 6.51. The topological polar surface area (TPSA) is 46.2 Å². The van der Waals surface area contributed by atoms with Gasteiger partial charge in [0.05, 0.1) is 3.79 Å². The lowest BCUT2D eigenvalue weighted by Crippen LogP contribution is -2.24. The van der Waals surface area contributed by atoms with Crippen molar-refractivity contribution in [2.45, 2.75) is 36.8 Å². The highest BCUT2D eigenvalue weighted by Gasteiger charge is 2.18. The zero-order chi connectivity index (χ0) is 13.2. The van der Waals surface area contributed by atoms with Crippen molar-refractivity contribution in [1.29, 1.82) is 0 Å². The number of hydrogen-bond acceptors (Lipinski definition) is 3. The van der Waals surface area contributed by atoms with Gasteiger partial charge in [0.25, 0.3) is 0 Å². The molecule has 0 aliphatic heterocycles. The van der Waals surface area contributed by atoms with E-state index in [9.17, 15) is 8.42 Å². The summed E-state index contributed by atoms with van der Waals surface area (Å²) in [6, 6.07) is 1.70. The maximum atomic E-state index is 12.0. The molecule has 0 aromatic carbocycles. The van der Waals surface area contributed by atoms with Crippen LogP contribution in [-0.2, 0) is 10.0 Å². The highest BCUT2D eigenvalue weighted by atomic mass is 79.9. The number of aryl methyl sites for hydroxylation is 1. The Kier molecular flexibility index (Phi) is 4.64. The Morgan fingerprint density at radius 3 is 2.83 bits per heavy atom. The molecule has 0 spiro atoms. The zero-order valence-electron chi connectivity index (χ0n) is 10.2. The molecule has 0 fully saturated rings. The van der Waals surface area contributed by atoms with Crippen LogP contribution >= 0.6 is 27.3 Å². The van der Waals surface area contributed by atoms with Crippen molar-refractivity contribution < 1.29 is 8.42 Å². The Labute approximate surface area is 120 Å². The van der Waals surface area contributed by atoms with E-state index in [0.717, 1.165) is 28.6 Å². The molecule has 1 heterocycles. The van der Waals surface area contributed by atoms with Crippen LogP contribution in [0.25, 0.3) is 0 Å². The van der Waals surface area contributed by atoms with Gasteiger partial charge in [-0.3, -0.25) is 0 Å². The highest BCUT2D eigenvalue weighted by molar-refractivity contribution is 9.11. The Hall–Kier alpha value is -0.170. The molecule has 0 amide bonds. The molecule has 0 saturated heterocycles. The van der Waals surface area contributed by atoms with Gasteiger partial charge in [-0.2, -0.15) is 0 Å². The van der Waals surface area contributed by atoms with Crippen molar-refractivity contribution in [3.8, 4) is 0 Å². The fourth-order valence-electron chi connectivity index (χ4n) is 1.95. The van der Waals surface area contributed by atoms with Gasteiger partial charge in [0, 0.05) is 6.54 Å². The minimum absolute atomic E-state index is 0.382. The number of hydrogen-bond donors (Lipinski definition) is 1. The minimum Gasteiger partial charge on any atom is -0.210 e. The van der Waals surface area contributed by atoms with Gasteiger partial charge in [-0.05, 0) is 60.2 Å². The second-order valence-electron chi connectivity index (χ2n) is 4.42. The Balaban J connectivity index is 1.95. The number of sulfonamides is 1. The summed E-state index contributed by atoms with van der Waals surface area (Å²) in [5.74, 6) is 0. The Bertz CT molecular complexity index is 541. The molecule has 1 aromatic rings. The van der Waals surface area contributed by atoms with Crippen molar-refractivity contribution in [3.63, 3.8) is 0 Å². The molecule has 1 aliphatic rings. The van der Waals surface area contributed by atoms with Crippen LogP contribution in [0.2, 0.25) is 0 Å². The second kappa shape index (κ2) is 5.86. The van der Waals surface area contributed by atoms with Gasteiger partial charge in [-0.1, -0.05) is 11.6 Å². The molecule has 1 aliphatic carbocycles. The van der Waals surface area contributed by atoms with Crippen molar-refractivity contribution in [1.82, 2.24) is 4.72 Å². The van der Waals surface area contributed by atoms with Crippen LogP contribution in [0.4, 0.5) is 0 Å². The van der Waals surface area contributed by atoms with Crippen molar-refractivity contribution in [3.05, 3.63) is 27.1 Å². The number of rotatable bonds is 5. The summed E-state index contributed by atoms with van der Waals surface area (Å²) in [7, 11) is -3.34. The van der Waals surface area contributed by atoms with E-state index in [1.165, 1.54) is 23.3 Å². The fourth-order valence-corrected chi connectivity index (χ4v) is 5.25. The lowest BCUT2D eigenvalue weighted by Gasteiger charge is -2.05. The molecule has 0 saturated carbocycles. The monoisotopic (exact) mass is 349 g/mol. The van der Waals surface area contributed by atoms with Crippen molar-refractivity contribution in [2.24, 2.45) is 0 Å². The average molecular weight is 350 g/mol. The summed E-state index contributed by atoms with van der Waals surface area (Å²) >= 11 is 4.60. The summed E-state index contributed by atoms with van der Waals surface area (Å²) in [4.78, 5) is 0. The van der Waals surface area contributed by atoms with Gasteiger partial charge in [0.15, 0.2) is 0 Å². The van der Waals surface area contributed by atoms with Crippen LogP contribution in [-0.4, -0.2) is 15.0 Å². The summed E-state index contributed by atoms with van der Waals surface area (Å²) in [5.41, 5.74) is 2.33. The van der Waals surface area contributed by atoms with E-state index in [1.54, 1.807) is 6.07 Å². The zero-order valence-corrected chi connectivity index (χ0v) is 13.4. The first kappa shape index (κ1) is 14.2. The molecule has 6 heteroatoms. The van der Waals surface area contributed by atoms with E-state index in [0.29, 0.717) is 10.8 Å². The van der Waals surface area contributed by atoms with E-state index in [-0.39, 0.29) is 0 Å². The molecule has 0 bridgehead atoms. The molecule has 1 N–H and O–H groups in total. The predicted molar refractivity (Wildman–Crippen MR) is 78.5 cm³/mol. The predicted octanol–water partition coefficient (Wildman–Crippen LogP) is 3.60. The molecule has 18 heavy (non-hydrogen) atoms. The Morgan fingerprint density at radius 2 is 2.28 bits per heavy atom. The lowest BCUT2D eigenvalue weighted by atomic mass is 10.2. The van der Waals surface area contributed by atoms with Crippen LogP contribution in [0, 0.1) is 6.92 Å². The fraction of sp³-hybridized carbons (Fsp3) is 0.500. The maximum Gasteiger partial charge on any atom is 0.250 e. The number of halogens is 1. The van der Waals surface area contributed by atoms with Gasteiger partial charge < -0.3 is 0 Å². The highest BCUT2D eigenvalue weighted by Crippen LogP contribution is 2.30. The Morgan fingerprint density at radius 1 is 1.50 bits per heavy atom. The van der Waals surface area contributed by atoms with E-state index in [4.69, 9.17) is 0 Å². The third-order valence-electron chi connectivity index (χ3n) is 2.97. The lowest BCUT2D eigenvalue weighted by molar-refractivity contribution is 0.583. The normalized spacial score (nSPS) is 16.0. The molecule has 0 atom stereocenters. The molecule has 2 rings (SSSR count). The first-order valence-electron chi connectivity index (χ1n) is 5.92. The molecular weight excluding hydrogens is 334 g/mol. The summed E-state index contributed by atoms with van der Waals surface area (Å²) < 4.78 is 28.0. The van der Waals surface area contributed by atoms with Gasteiger partial charge in [0.1, 0.15) is 4.21 Å². The van der Waals surface area contributed by atoms with Crippen LogP contribution in [0.15, 0.2) is 25.7 Å². The minimum atomic E-state index is -3.34. The summed E-state index contributed by atoms with van der Waals surface area (Å²) in [6.45, 7) is 2.38. The number of allylic oxidation sites excluding steroid dienone is 1. The van der Waals surface area contributed by atoms with E-state index >= 15 is 0 Å². The SMILES string of the molecule is Cc1cc(S(=O)(=O)NCCC2=CCCC2)sc1Br. The molecule has 0 radical (unpaired) electrons. The van der Waals surface area contributed by atoms with Crippen LogP contribution in [0.3, 0.4) is 0 Å². The van der Waals surface area contributed by atoms with Crippen molar-refractivity contribution >= 4 is 37.3 Å². The summed E-state index contributed by atoms with van der Waals surface area (Å²) in [5, 5.41) is 0. The van der Waals surface area contributed by atoms with Crippen molar-refractivity contribution in [2.75, 3.05) is 6.54 Å². The third-order valence-corrected chi connectivity index (χ3v) is 7.04. The van der Waals surface area contributed by atoms with E-state index in [2.05, 4.69) is 26.7 Å². The number of nitrogens with one attached hydrogen (secondary N) is 1. The van der Waals surface area contributed by atoms with E-state index in [1.807, 2.05) is 6.92 Å². The van der Waals surface area contributed by atoms with Gasteiger partial charge in [-0.15, -0.1) is 11.3 Å². The molecule has 3 nitrogen and oxygen atoms in total. The second-order valence-corrected chi connectivity index (χ2v) is 8.79. The maximum absolute atomic E-state index is 12.0. The quantitative estimate of drug-likeness (QED) is 0.825. The first-order chi connectivity index (χ1) is 8.49. The third kappa shape index (κ3) is 3.44. The molecule has 0 unspecified atom stereocenters. The molecule has 1 aromatic heterocycles. The van der Waals surface area contributed by atoms with Crippen LogP contribution in [0.5, 0.6) is 0 Å². The first-order valence-corrected chi connectivity index (χ1v) is 9.02. The average Bonchev–Trinajstić information content (AvgIpc) is 2.90. The van der Waals surface area contributed by atoms with E-state index < -0.39 is 10.0 Å². The largest absolute Gasteiger partial charge is 0.250 e. The van der Waals surface area contributed by atoms with Gasteiger partial charge >= 0.3 is 0 Å². The number of thiophene rings is 1. The molecule has 100 valence electrons. The molecular formula is C12H16BrNO2S2. The van der Waals surface area contributed by atoms with Crippen LogP contribution < -0.4 is 4.72 Å². The standard InChI is InChI=1S/C12H16BrNO2S2/c1-9-8-11(17-12(9)13)18(15,16)14-7-6-10-4-2-3-5-10/h4,8,14H,2-3,5-7H2,1H3.